The molecule has 2 aromatic rings. The number of hydrogen-bond acceptors (Lipinski definition) is 4. The number of pyridine rings is 1. The van der Waals surface area contributed by atoms with E-state index in [2.05, 4.69) is 21.5 Å². The molecule has 0 unspecified atom stereocenters. The number of likely N-dealkylation sites (tertiary alicyclic amines) is 1. The average molecular weight is 274 g/mol. The van der Waals surface area contributed by atoms with E-state index in [4.69, 9.17) is 10.1 Å². The highest BCUT2D eigenvalue weighted by Crippen LogP contribution is 2.27. The monoisotopic (exact) mass is 274 g/mol. The Hall–Kier alpha value is -1.46. The van der Waals surface area contributed by atoms with Gasteiger partial charge in [-0.05, 0) is 51.5 Å². The molecule has 1 fully saturated rings. The van der Waals surface area contributed by atoms with Crippen LogP contribution in [0, 0.1) is 0 Å². The van der Waals surface area contributed by atoms with Crippen molar-refractivity contribution in [2.45, 2.75) is 31.7 Å². The molecular weight excluding hydrogens is 252 g/mol. The molecule has 0 bridgehead atoms. The molecule has 0 spiro atoms. The number of aromatic nitrogens is 3. The van der Waals surface area contributed by atoms with Crippen molar-refractivity contribution in [3.05, 3.63) is 24.2 Å². The highest BCUT2D eigenvalue weighted by molar-refractivity contribution is 5.71. The molecule has 0 atom stereocenters. The van der Waals surface area contributed by atoms with Gasteiger partial charge in [-0.15, -0.1) is 0 Å². The number of nitrogens with zero attached hydrogens (tertiary/aromatic N) is 4. The summed E-state index contributed by atoms with van der Waals surface area (Å²) >= 11 is 0. The van der Waals surface area contributed by atoms with Crippen molar-refractivity contribution in [2.24, 2.45) is 0 Å². The van der Waals surface area contributed by atoms with Crippen LogP contribution in [-0.4, -0.2) is 51.3 Å². The zero-order valence-electron chi connectivity index (χ0n) is 12.0. The van der Waals surface area contributed by atoms with Gasteiger partial charge in [-0.3, -0.25) is 0 Å². The van der Waals surface area contributed by atoms with Gasteiger partial charge in [0.25, 0.3) is 0 Å². The van der Waals surface area contributed by atoms with Gasteiger partial charge in [-0.1, -0.05) is 0 Å². The van der Waals surface area contributed by atoms with E-state index >= 15 is 0 Å². The lowest BCUT2D eigenvalue weighted by Gasteiger charge is -2.30. The third-order valence-electron chi connectivity index (χ3n) is 4.13. The van der Waals surface area contributed by atoms with Gasteiger partial charge in [0.2, 0.25) is 0 Å². The number of piperidine rings is 1. The standard InChI is InChI=1S/C15H22N4O/c1-18-9-6-12(7-10-18)19-14(5-3-11-20)17-13-4-2-8-16-15(13)19/h2,4,8,12,20H,3,5-7,9-11H2,1H3. The van der Waals surface area contributed by atoms with Crippen molar-refractivity contribution < 1.29 is 5.11 Å². The lowest BCUT2D eigenvalue weighted by atomic mass is 10.0. The van der Waals surface area contributed by atoms with Crippen LogP contribution in [-0.2, 0) is 6.42 Å². The third-order valence-corrected chi connectivity index (χ3v) is 4.13. The van der Waals surface area contributed by atoms with Gasteiger partial charge in [0, 0.05) is 25.3 Å². The van der Waals surface area contributed by atoms with E-state index in [0.717, 1.165) is 55.8 Å². The summed E-state index contributed by atoms with van der Waals surface area (Å²) in [5.41, 5.74) is 1.97. The first-order valence-electron chi connectivity index (χ1n) is 7.41. The molecule has 1 N–H and O–H groups in total. The minimum atomic E-state index is 0.212. The van der Waals surface area contributed by atoms with Gasteiger partial charge in [-0.25, -0.2) is 9.97 Å². The molecule has 0 saturated carbocycles. The highest BCUT2D eigenvalue weighted by atomic mass is 16.2. The van der Waals surface area contributed by atoms with Gasteiger partial charge in [0.15, 0.2) is 5.65 Å². The number of aliphatic hydroxyl groups is 1. The summed E-state index contributed by atoms with van der Waals surface area (Å²) in [6.07, 6.45) is 5.70. The van der Waals surface area contributed by atoms with E-state index in [0.29, 0.717) is 6.04 Å². The summed E-state index contributed by atoms with van der Waals surface area (Å²) in [5, 5.41) is 9.08. The van der Waals surface area contributed by atoms with Gasteiger partial charge in [0.05, 0.1) is 0 Å². The Morgan fingerprint density at radius 3 is 2.90 bits per heavy atom. The molecule has 2 aromatic heterocycles. The fraction of sp³-hybridized carbons (Fsp3) is 0.600. The fourth-order valence-corrected chi connectivity index (χ4v) is 3.03. The van der Waals surface area contributed by atoms with Crippen LogP contribution < -0.4 is 0 Å². The Morgan fingerprint density at radius 1 is 1.35 bits per heavy atom. The first kappa shape index (κ1) is 13.5. The van der Waals surface area contributed by atoms with Crippen LogP contribution in [0.4, 0.5) is 0 Å². The van der Waals surface area contributed by atoms with Crippen LogP contribution in [0.5, 0.6) is 0 Å². The molecule has 0 radical (unpaired) electrons. The summed E-state index contributed by atoms with van der Waals surface area (Å²) in [6, 6.07) is 4.44. The van der Waals surface area contributed by atoms with E-state index in [9.17, 15) is 0 Å². The van der Waals surface area contributed by atoms with Gasteiger partial charge in [-0.2, -0.15) is 0 Å². The zero-order valence-corrected chi connectivity index (χ0v) is 12.0. The molecule has 0 aromatic carbocycles. The first-order chi connectivity index (χ1) is 9.79. The zero-order chi connectivity index (χ0) is 13.9. The van der Waals surface area contributed by atoms with Crippen LogP contribution in [0.15, 0.2) is 18.3 Å². The van der Waals surface area contributed by atoms with E-state index < -0.39 is 0 Å². The van der Waals surface area contributed by atoms with Gasteiger partial charge < -0.3 is 14.6 Å². The Morgan fingerprint density at radius 2 is 2.15 bits per heavy atom. The van der Waals surface area contributed by atoms with Gasteiger partial charge in [0.1, 0.15) is 11.3 Å². The molecule has 1 aliphatic rings. The van der Waals surface area contributed by atoms with Crippen molar-refractivity contribution in [1.82, 2.24) is 19.4 Å². The minimum Gasteiger partial charge on any atom is -0.396 e. The highest BCUT2D eigenvalue weighted by Gasteiger charge is 2.23. The molecule has 3 heterocycles. The molecule has 108 valence electrons. The quantitative estimate of drug-likeness (QED) is 0.920. The van der Waals surface area contributed by atoms with Crippen LogP contribution in [0.25, 0.3) is 11.2 Å². The lowest BCUT2D eigenvalue weighted by Crippen LogP contribution is -2.32. The molecule has 1 aliphatic heterocycles. The number of aliphatic hydroxyl groups excluding tert-OH is 1. The maximum absolute atomic E-state index is 9.08. The van der Waals surface area contributed by atoms with Crippen molar-refractivity contribution in [2.75, 3.05) is 26.7 Å². The van der Waals surface area contributed by atoms with Crippen LogP contribution in [0.2, 0.25) is 0 Å². The molecule has 0 amide bonds. The fourth-order valence-electron chi connectivity index (χ4n) is 3.03. The molecular formula is C15H22N4O. The number of hydrogen-bond donors (Lipinski definition) is 1. The Bertz CT molecular complexity index is 572. The lowest BCUT2D eigenvalue weighted by molar-refractivity contribution is 0.220. The van der Waals surface area contributed by atoms with E-state index in [1.54, 1.807) is 0 Å². The van der Waals surface area contributed by atoms with Crippen LogP contribution in [0.3, 0.4) is 0 Å². The van der Waals surface area contributed by atoms with Gasteiger partial charge >= 0.3 is 0 Å². The normalized spacial score (nSPS) is 17.9. The van der Waals surface area contributed by atoms with Crippen LogP contribution in [0.1, 0.15) is 31.1 Å². The maximum atomic E-state index is 9.08. The molecule has 1 saturated heterocycles. The van der Waals surface area contributed by atoms with Crippen molar-refractivity contribution in [3.8, 4) is 0 Å². The molecule has 20 heavy (non-hydrogen) atoms. The smallest absolute Gasteiger partial charge is 0.160 e. The minimum absolute atomic E-state index is 0.212. The first-order valence-corrected chi connectivity index (χ1v) is 7.41. The average Bonchev–Trinajstić information content (AvgIpc) is 2.84. The second-order valence-corrected chi connectivity index (χ2v) is 5.61. The topological polar surface area (TPSA) is 54.2 Å². The summed E-state index contributed by atoms with van der Waals surface area (Å²) in [5.74, 6) is 1.07. The van der Waals surface area contributed by atoms with Crippen molar-refractivity contribution >= 4 is 11.2 Å². The number of fused-ring (bicyclic) bond motifs is 1. The Labute approximate surface area is 119 Å². The summed E-state index contributed by atoms with van der Waals surface area (Å²) in [7, 11) is 2.17. The van der Waals surface area contributed by atoms with E-state index in [1.165, 1.54) is 0 Å². The molecule has 5 nitrogen and oxygen atoms in total. The van der Waals surface area contributed by atoms with E-state index in [1.807, 2.05) is 18.3 Å². The molecule has 3 rings (SSSR count). The number of rotatable bonds is 4. The Balaban J connectivity index is 1.97. The van der Waals surface area contributed by atoms with Crippen molar-refractivity contribution in [3.63, 3.8) is 0 Å². The largest absolute Gasteiger partial charge is 0.396 e. The summed E-state index contributed by atoms with van der Waals surface area (Å²) < 4.78 is 2.32. The second kappa shape index (κ2) is 5.89. The van der Waals surface area contributed by atoms with Crippen molar-refractivity contribution in [1.29, 1.82) is 0 Å². The SMILES string of the molecule is CN1CCC(n2c(CCCO)nc3cccnc32)CC1. The number of imidazole rings is 1. The maximum Gasteiger partial charge on any atom is 0.160 e. The predicted molar refractivity (Wildman–Crippen MR) is 78.7 cm³/mol. The summed E-state index contributed by atoms with van der Waals surface area (Å²) in [4.78, 5) is 11.6. The van der Waals surface area contributed by atoms with Crippen LogP contribution >= 0.6 is 0 Å². The molecule has 0 aliphatic carbocycles. The Kier molecular flexibility index (Phi) is 3.98. The summed E-state index contributed by atoms with van der Waals surface area (Å²) in [6.45, 7) is 2.46. The number of aryl methyl sites for hydroxylation is 1. The second-order valence-electron chi connectivity index (χ2n) is 5.61. The predicted octanol–water partition coefficient (Wildman–Crippen LogP) is 1.62. The van der Waals surface area contributed by atoms with E-state index in [-0.39, 0.29) is 6.61 Å². The third kappa shape index (κ3) is 2.55. The molecule has 5 heteroatoms.